The van der Waals surface area contributed by atoms with Gasteiger partial charge < -0.3 is 20.1 Å². The van der Waals surface area contributed by atoms with E-state index in [4.69, 9.17) is 15.2 Å². The number of halogens is 5. The monoisotopic (exact) mass is 591 g/mol. The number of rotatable bonds is 4. The van der Waals surface area contributed by atoms with Crippen LogP contribution in [0.25, 0.3) is 22.3 Å². The number of nitrogens with two attached hydrogens (primary N) is 1. The Morgan fingerprint density at radius 1 is 1.12 bits per heavy atom. The van der Waals surface area contributed by atoms with Gasteiger partial charge in [-0.05, 0) is 57.2 Å². The number of anilines is 2. The molecule has 9 nitrogen and oxygen atoms in total. The third-order valence-electron chi connectivity index (χ3n) is 9.00. The molecule has 3 aromatic heterocycles. The minimum Gasteiger partial charge on any atom is -0.475 e. The highest BCUT2D eigenvalue weighted by Crippen LogP contribution is 2.45. The predicted molar refractivity (Wildman–Crippen MR) is 144 cm³/mol. The van der Waals surface area contributed by atoms with Gasteiger partial charge in [0.25, 0.3) is 0 Å². The van der Waals surface area contributed by atoms with Gasteiger partial charge >= 0.3 is 12.2 Å². The Kier molecular flexibility index (Phi) is 6.33. The van der Waals surface area contributed by atoms with E-state index >= 15 is 4.39 Å². The van der Waals surface area contributed by atoms with Crippen molar-refractivity contribution in [2.75, 3.05) is 43.5 Å². The molecule has 3 saturated heterocycles. The van der Waals surface area contributed by atoms with Crippen LogP contribution in [-0.2, 0) is 6.18 Å². The molecule has 0 radical (unpaired) electrons. The van der Waals surface area contributed by atoms with Crippen molar-refractivity contribution >= 4 is 22.5 Å². The minimum atomic E-state index is -4.86. The quantitative estimate of drug-likeness (QED) is 0.427. The second kappa shape index (κ2) is 9.75. The highest BCUT2D eigenvalue weighted by molar-refractivity contribution is 5.97. The number of fused-ring (bicyclic) bond motifs is 3. The number of pyridine rings is 2. The maximum absolute atomic E-state index is 16.5. The van der Waals surface area contributed by atoms with Gasteiger partial charge in [-0.2, -0.15) is 23.1 Å². The van der Waals surface area contributed by atoms with Crippen molar-refractivity contribution in [3.05, 3.63) is 23.0 Å². The molecule has 0 saturated carbocycles. The molecule has 3 aromatic rings. The highest BCUT2D eigenvalue weighted by Gasteiger charge is 2.49. The van der Waals surface area contributed by atoms with Crippen LogP contribution >= 0.6 is 0 Å². The third-order valence-corrected chi connectivity index (χ3v) is 9.00. The number of nitrogens with zero attached hydrogens (tertiary/aromatic N) is 6. The van der Waals surface area contributed by atoms with Crippen molar-refractivity contribution in [1.29, 1.82) is 0 Å². The topological polar surface area (TPSA) is 103 Å². The molecular weight excluding hydrogens is 561 g/mol. The lowest BCUT2D eigenvalue weighted by Gasteiger charge is -2.35. The van der Waals surface area contributed by atoms with Gasteiger partial charge in [-0.1, -0.05) is 0 Å². The molecule has 0 aliphatic carbocycles. The lowest BCUT2D eigenvalue weighted by molar-refractivity contribution is -0.137. The maximum atomic E-state index is 16.5. The van der Waals surface area contributed by atoms with Gasteiger partial charge in [-0.15, -0.1) is 0 Å². The van der Waals surface area contributed by atoms with Crippen LogP contribution in [0.15, 0.2) is 6.07 Å². The molecule has 1 unspecified atom stereocenters. The standard InChI is InChI=1S/C28H30F5N7O2/c1-14-9-17(34)35-22(19(14)28(31,32)33)23-20(30)21-18-24(40-8-3-2-5-16(40)12-41-25(18)36-23)38-26(37-21)42-13-27-6-4-7-39(27)11-15(29)10-27/h9,15-16H,2-8,10-13H2,1H3,(H2,34,35)/t15-,16?,27+/m1/s1. The second-order valence-corrected chi connectivity index (χ2v) is 11.7. The molecule has 7 rings (SSSR count). The van der Waals surface area contributed by atoms with E-state index in [9.17, 15) is 17.6 Å². The molecule has 3 fully saturated rings. The first-order valence-electron chi connectivity index (χ1n) is 14.2. The zero-order chi connectivity index (χ0) is 29.4. The largest absolute Gasteiger partial charge is 0.475 e. The SMILES string of the molecule is Cc1cc(N)nc(-c2nc3c4c(nc(OC[C@@]56CCCN5C[C@H](F)C6)nc4c2F)N2CCCCC2CO3)c1C(F)(F)F. The molecule has 3 atom stereocenters. The minimum absolute atomic E-state index is 0.0797. The smallest absolute Gasteiger partial charge is 0.418 e. The fourth-order valence-electron chi connectivity index (χ4n) is 7.14. The number of aryl methyl sites for hydroxylation is 1. The summed E-state index contributed by atoms with van der Waals surface area (Å²) in [5.41, 5.74) is 2.25. The second-order valence-electron chi connectivity index (χ2n) is 11.7. The molecular formula is C28H30F5N7O2. The van der Waals surface area contributed by atoms with E-state index in [1.807, 2.05) is 4.90 Å². The van der Waals surface area contributed by atoms with E-state index in [0.717, 1.165) is 44.7 Å². The summed E-state index contributed by atoms with van der Waals surface area (Å²) < 4.78 is 85.5. The van der Waals surface area contributed by atoms with E-state index in [-0.39, 0.29) is 53.4 Å². The maximum Gasteiger partial charge on any atom is 0.418 e. The summed E-state index contributed by atoms with van der Waals surface area (Å²) in [5, 5.41) is 0.160. The van der Waals surface area contributed by atoms with E-state index in [0.29, 0.717) is 25.3 Å². The summed E-state index contributed by atoms with van der Waals surface area (Å²) in [5.74, 6) is -1.05. The van der Waals surface area contributed by atoms with Crippen molar-refractivity contribution in [3.63, 3.8) is 0 Å². The molecule has 4 aliphatic rings. The number of ether oxygens (including phenoxy) is 2. The average Bonchev–Trinajstić information content (AvgIpc) is 3.40. The van der Waals surface area contributed by atoms with Gasteiger partial charge in [0.1, 0.15) is 53.3 Å². The van der Waals surface area contributed by atoms with Gasteiger partial charge in [0.15, 0.2) is 5.82 Å². The van der Waals surface area contributed by atoms with Crippen LogP contribution in [0.2, 0.25) is 0 Å². The van der Waals surface area contributed by atoms with Crippen molar-refractivity contribution in [3.8, 4) is 23.3 Å². The van der Waals surface area contributed by atoms with Crippen LogP contribution in [0.5, 0.6) is 11.9 Å². The summed E-state index contributed by atoms with van der Waals surface area (Å²) >= 11 is 0. The van der Waals surface area contributed by atoms with Gasteiger partial charge in [0.05, 0.1) is 17.1 Å². The Bertz CT molecular complexity index is 1570. The number of alkyl halides is 4. The fraction of sp³-hybridized carbons (Fsp3) is 0.571. The summed E-state index contributed by atoms with van der Waals surface area (Å²) in [6.07, 6.45) is -1.22. The highest BCUT2D eigenvalue weighted by atomic mass is 19.4. The van der Waals surface area contributed by atoms with Crippen molar-refractivity contribution in [2.45, 2.75) is 69.4 Å². The average molecular weight is 592 g/mol. The number of hydrogen-bond donors (Lipinski definition) is 1. The van der Waals surface area contributed by atoms with Crippen LogP contribution in [0, 0.1) is 12.7 Å². The molecule has 0 amide bonds. The molecule has 42 heavy (non-hydrogen) atoms. The van der Waals surface area contributed by atoms with E-state index in [2.05, 4.69) is 24.8 Å². The first-order valence-corrected chi connectivity index (χ1v) is 14.2. The van der Waals surface area contributed by atoms with E-state index < -0.39 is 40.7 Å². The van der Waals surface area contributed by atoms with Gasteiger partial charge in [-0.25, -0.2) is 18.7 Å². The number of nitrogen functional groups attached to an aromatic ring is 1. The third kappa shape index (κ3) is 4.36. The van der Waals surface area contributed by atoms with Gasteiger partial charge in [0, 0.05) is 19.5 Å². The molecule has 4 aliphatic heterocycles. The summed E-state index contributed by atoms with van der Waals surface area (Å²) in [6.45, 7) is 3.25. The Labute approximate surface area is 238 Å². The van der Waals surface area contributed by atoms with Crippen molar-refractivity contribution in [2.24, 2.45) is 0 Å². The van der Waals surface area contributed by atoms with Crippen LogP contribution < -0.4 is 20.1 Å². The molecule has 14 heteroatoms. The molecule has 0 bridgehead atoms. The Morgan fingerprint density at radius 3 is 2.76 bits per heavy atom. The summed E-state index contributed by atoms with van der Waals surface area (Å²) in [4.78, 5) is 21.3. The Morgan fingerprint density at radius 2 is 1.95 bits per heavy atom. The van der Waals surface area contributed by atoms with Gasteiger partial charge in [-0.3, -0.25) is 4.90 Å². The zero-order valence-electron chi connectivity index (χ0n) is 23.0. The van der Waals surface area contributed by atoms with Crippen molar-refractivity contribution in [1.82, 2.24) is 24.8 Å². The normalized spacial score (nSPS) is 25.7. The zero-order valence-corrected chi connectivity index (χ0v) is 23.0. The van der Waals surface area contributed by atoms with E-state index in [1.165, 1.54) is 6.92 Å². The molecule has 0 spiro atoms. The molecule has 2 N–H and O–H groups in total. The van der Waals surface area contributed by atoms with Crippen LogP contribution in [-0.4, -0.2) is 75.4 Å². The van der Waals surface area contributed by atoms with Crippen LogP contribution in [0.4, 0.5) is 33.6 Å². The first-order chi connectivity index (χ1) is 20.0. The number of piperidine rings is 1. The van der Waals surface area contributed by atoms with Gasteiger partial charge in [0.2, 0.25) is 5.88 Å². The molecule has 7 heterocycles. The fourth-order valence-corrected chi connectivity index (χ4v) is 7.14. The number of aromatic nitrogens is 4. The van der Waals surface area contributed by atoms with Crippen molar-refractivity contribution < 1.29 is 31.4 Å². The Balaban J connectivity index is 1.40. The predicted octanol–water partition coefficient (Wildman–Crippen LogP) is 4.84. The van der Waals surface area contributed by atoms with E-state index in [1.54, 1.807) is 0 Å². The summed E-state index contributed by atoms with van der Waals surface area (Å²) in [6, 6.07) is 0.842. The summed E-state index contributed by atoms with van der Waals surface area (Å²) in [7, 11) is 0. The lowest BCUT2D eigenvalue weighted by atomic mass is 9.95. The first kappa shape index (κ1) is 27.3. The lowest BCUT2D eigenvalue weighted by Crippen LogP contribution is -2.44. The number of hydrogen-bond acceptors (Lipinski definition) is 9. The molecule has 0 aromatic carbocycles. The molecule has 224 valence electrons. The van der Waals surface area contributed by atoms with Crippen LogP contribution in [0.1, 0.15) is 49.7 Å². The Hall–Kier alpha value is -3.55. The van der Waals surface area contributed by atoms with Crippen LogP contribution in [0.3, 0.4) is 0 Å².